The highest BCUT2D eigenvalue weighted by atomic mass is 16.5. The van der Waals surface area contributed by atoms with E-state index in [2.05, 4.69) is 5.32 Å². The molecule has 0 radical (unpaired) electrons. The molecule has 1 aromatic rings. The highest BCUT2D eigenvalue weighted by Crippen LogP contribution is 2.32. The zero-order chi connectivity index (χ0) is 13.8. The predicted octanol–water partition coefficient (Wildman–Crippen LogP) is 0.942. The zero-order valence-electron chi connectivity index (χ0n) is 11.2. The molecular weight excluding hydrogens is 246 g/mol. The van der Waals surface area contributed by atoms with Crippen molar-refractivity contribution < 1.29 is 19.4 Å². The molecule has 19 heavy (non-hydrogen) atoms. The van der Waals surface area contributed by atoms with E-state index in [9.17, 15) is 9.90 Å². The third-order valence-electron chi connectivity index (χ3n) is 3.17. The second-order valence-corrected chi connectivity index (χ2v) is 4.73. The normalized spacial score (nSPS) is 22.1. The van der Waals surface area contributed by atoms with E-state index in [4.69, 9.17) is 9.47 Å². The van der Waals surface area contributed by atoms with Crippen LogP contribution in [-0.4, -0.2) is 37.4 Å². The lowest BCUT2D eigenvalue weighted by atomic mass is 9.98. The standard InChI is InChI=1S/C14H19NO4/c1-9-3-4-12-10(7-9)14(17)11(5-6-19-12)15-13(16)8-18-2/h3-4,7,11,14,17H,5-6,8H2,1-2H3,(H,15,16). The van der Waals surface area contributed by atoms with Gasteiger partial charge in [0.1, 0.15) is 18.5 Å². The van der Waals surface area contributed by atoms with E-state index in [1.54, 1.807) is 0 Å². The number of aliphatic hydroxyl groups is 1. The van der Waals surface area contributed by atoms with Crippen molar-refractivity contribution in [3.63, 3.8) is 0 Å². The van der Waals surface area contributed by atoms with Crippen LogP contribution in [0.15, 0.2) is 18.2 Å². The molecule has 0 saturated carbocycles. The molecule has 0 spiro atoms. The Bertz CT molecular complexity index is 461. The molecule has 2 atom stereocenters. The van der Waals surface area contributed by atoms with Gasteiger partial charge in [-0.05, 0) is 19.1 Å². The van der Waals surface area contributed by atoms with Crippen molar-refractivity contribution in [1.29, 1.82) is 0 Å². The van der Waals surface area contributed by atoms with Gasteiger partial charge < -0.3 is 19.9 Å². The number of carbonyl (C=O) groups is 1. The molecule has 0 aliphatic carbocycles. The number of carbonyl (C=O) groups excluding carboxylic acids is 1. The van der Waals surface area contributed by atoms with Crippen LogP contribution in [0, 0.1) is 6.92 Å². The lowest BCUT2D eigenvalue weighted by molar-refractivity contribution is -0.126. The van der Waals surface area contributed by atoms with Crippen molar-refractivity contribution in [3.05, 3.63) is 29.3 Å². The zero-order valence-corrected chi connectivity index (χ0v) is 11.2. The fourth-order valence-electron chi connectivity index (χ4n) is 2.23. The largest absolute Gasteiger partial charge is 0.493 e. The lowest BCUT2D eigenvalue weighted by Gasteiger charge is -2.22. The minimum absolute atomic E-state index is 0.00917. The Labute approximate surface area is 112 Å². The van der Waals surface area contributed by atoms with Gasteiger partial charge in [0.2, 0.25) is 5.91 Å². The molecule has 5 nitrogen and oxygen atoms in total. The Balaban J connectivity index is 2.18. The monoisotopic (exact) mass is 265 g/mol. The number of methoxy groups -OCH3 is 1. The fourth-order valence-corrected chi connectivity index (χ4v) is 2.23. The minimum atomic E-state index is -0.766. The maximum Gasteiger partial charge on any atom is 0.246 e. The van der Waals surface area contributed by atoms with Crippen LogP contribution >= 0.6 is 0 Å². The van der Waals surface area contributed by atoms with E-state index in [0.29, 0.717) is 18.8 Å². The fraction of sp³-hybridized carbons (Fsp3) is 0.500. The molecule has 1 aliphatic heterocycles. The summed E-state index contributed by atoms with van der Waals surface area (Å²) in [7, 11) is 1.46. The lowest BCUT2D eigenvalue weighted by Crippen LogP contribution is -2.41. The Morgan fingerprint density at radius 1 is 1.58 bits per heavy atom. The molecule has 0 bridgehead atoms. The molecule has 2 N–H and O–H groups in total. The summed E-state index contributed by atoms with van der Waals surface area (Å²) in [5.41, 5.74) is 1.77. The second kappa shape index (κ2) is 6.04. The van der Waals surface area contributed by atoms with Gasteiger partial charge in [0, 0.05) is 19.1 Å². The van der Waals surface area contributed by atoms with Crippen LogP contribution in [0.3, 0.4) is 0 Å². The van der Waals surface area contributed by atoms with E-state index in [1.807, 2.05) is 25.1 Å². The number of aliphatic hydroxyl groups excluding tert-OH is 1. The quantitative estimate of drug-likeness (QED) is 0.853. The van der Waals surface area contributed by atoms with Crippen LogP contribution in [0.4, 0.5) is 0 Å². The summed E-state index contributed by atoms with van der Waals surface area (Å²) in [6.07, 6.45) is -0.206. The molecular formula is C14H19NO4. The summed E-state index contributed by atoms with van der Waals surface area (Å²) in [6.45, 7) is 2.41. The predicted molar refractivity (Wildman–Crippen MR) is 70.1 cm³/mol. The van der Waals surface area contributed by atoms with Crippen molar-refractivity contribution in [3.8, 4) is 5.75 Å². The van der Waals surface area contributed by atoms with Crippen molar-refractivity contribution in [2.45, 2.75) is 25.5 Å². The van der Waals surface area contributed by atoms with Crippen molar-refractivity contribution in [2.75, 3.05) is 20.3 Å². The Morgan fingerprint density at radius 2 is 2.37 bits per heavy atom. The van der Waals surface area contributed by atoms with Crippen molar-refractivity contribution >= 4 is 5.91 Å². The van der Waals surface area contributed by atoms with E-state index in [1.165, 1.54) is 7.11 Å². The minimum Gasteiger partial charge on any atom is -0.493 e. The summed E-state index contributed by atoms with van der Waals surface area (Å²) in [6, 6.07) is 5.33. The molecule has 1 amide bonds. The van der Waals surface area contributed by atoms with Crippen LogP contribution in [0.25, 0.3) is 0 Å². The van der Waals surface area contributed by atoms with Crippen molar-refractivity contribution in [2.24, 2.45) is 0 Å². The first-order valence-electron chi connectivity index (χ1n) is 6.31. The molecule has 5 heteroatoms. The van der Waals surface area contributed by atoms with Gasteiger partial charge in [-0.25, -0.2) is 0 Å². The smallest absolute Gasteiger partial charge is 0.246 e. The first kappa shape index (κ1) is 13.8. The highest BCUT2D eigenvalue weighted by molar-refractivity contribution is 5.77. The SMILES string of the molecule is COCC(=O)NC1CCOc2ccc(C)cc2C1O. The molecule has 1 aromatic carbocycles. The van der Waals surface area contributed by atoms with Gasteiger partial charge >= 0.3 is 0 Å². The average Bonchev–Trinajstić information content (AvgIpc) is 2.51. The van der Waals surface area contributed by atoms with E-state index >= 15 is 0 Å². The summed E-state index contributed by atoms with van der Waals surface area (Å²) in [4.78, 5) is 11.6. The van der Waals surface area contributed by atoms with Crippen LogP contribution in [0.5, 0.6) is 5.75 Å². The van der Waals surface area contributed by atoms with Gasteiger partial charge in [-0.2, -0.15) is 0 Å². The van der Waals surface area contributed by atoms with Gasteiger partial charge in [-0.3, -0.25) is 4.79 Å². The first-order valence-corrected chi connectivity index (χ1v) is 6.31. The Morgan fingerprint density at radius 3 is 3.11 bits per heavy atom. The summed E-state index contributed by atoms with van der Waals surface area (Å²) < 4.78 is 10.4. The maximum absolute atomic E-state index is 11.6. The highest BCUT2D eigenvalue weighted by Gasteiger charge is 2.28. The molecule has 2 rings (SSSR count). The number of benzene rings is 1. The number of hydrogen-bond donors (Lipinski definition) is 2. The number of ether oxygens (including phenoxy) is 2. The van der Waals surface area contributed by atoms with Gasteiger partial charge in [-0.15, -0.1) is 0 Å². The third-order valence-corrected chi connectivity index (χ3v) is 3.17. The molecule has 0 fully saturated rings. The first-order chi connectivity index (χ1) is 9.11. The van der Waals surface area contributed by atoms with Gasteiger partial charge in [0.15, 0.2) is 0 Å². The summed E-state index contributed by atoms with van der Waals surface area (Å²) in [5, 5.41) is 13.2. The van der Waals surface area contributed by atoms with Gasteiger partial charge in [0.25, 0.3) is 0 Å². The Hall–Kier alpha value is -1.59. The number of fused-ring (bicyclic) bond motifs is 1. The number of nitrogens with one attached hydrogen (secondary N) is 1. The number of hydrogen-bond acceptors (Lipinski definition) is 4. The maximum atomic E-state index is 11.6. The number of aryl methyl sites for hydroxylation is 1. The van der Waals surface area contributed by atoms with Crippen LogP contribution in [-0.2, 0) is 9.53 Å². The molecule has 104 valence electrons. The number of rotatable bonds is 3. The summed E-state index contributed by atoms with van der Waals surface area (Å²) >= 11 is 0. The topological polar surface area (TPSA) is 67.8 Å². The van der Waals surface area contributed by atoms with Crippen molar-refractivity contribution in [1.82, 2.24) is 5.32 Å². The van der Waals surface area contributed by atoms with Gasteiger partial charge in [0.05, 0.1) is 12.6 Å². The van der Waals surface area contributed by atoms with E-state index in [0.717, 1.165) is 11.1 Å². The third kappa shape index (κ3) is 3.24. The van der Waals surface area contributed by atoms with Crippen LogP contribution in [0.2, 0.25) is 0 Å². The molecule has 1 heterocycles. The molecule has 1 aliphatic rings. The van der Waals surface area contributed by atoms with Crippen LogP contribution < -0.4 is 10.1 Å². The second-order valence-electron chi connectivity index (χ2n) is 4.73. The van der Waals surface area contributed by atoms with Gasteiger partial charge in [-0.1, -0.05) is 11.6 Å². The average molecular weight is 265 g/mol. The molecule has 0 saturated heterocycles. The van der Waals surface area contributed by atoms with Crippen LogP contribution in [0.1, 0.15) is 23.7 Å². The van der Waals surface area contributed by atoms with E-state index in [-0.39, 0.29) is 18.6 Å². The van der Waals surface area contributed by atoms with E-state index < -0.39 is 6.10 Å². The molecule has 0 aromatic heterocycles. The Kier molecular flexibility index (Phi) is 4.39. The number of amides is 1. The summed E-state index contributed by atoms with van der Waals surface area (Å²) in [5.74, 6) is 0.448. The molecule has 2 unspecified atom stereocenters.